The lowest BCUT2D eigenvalue weighted by atomic mass is 10.2. The summed E-state index contributed by atoms with van der Waals surface area (Å²) < 4.78 is 2.02. The highest BCUT2D eigenvalue weighted by Crippen LogP contribution is 2.32. The average molecular weight is 211 g/mol. The molecule has 0 atom stereocenters. The number of hydrogen-bond acceptors (Lipinski definition) is 3. The number of nitrogens with two attached hydrogens (primary N) is 1. The van der Waals surface area contributed by atoms with E-state index < -0.39 is 0 Å². The first kappa shape index (κ1) is 9.90. The van der Waals surface area contributed by atoms with Gasteiger partial charge in [-0.3, -0.25) is 0 Å². The second-order valence-electron chi connectivity index (χ2n) is 3.72. The summed E-state index contributed by atoms with van der Waals surface area (Å²) >= 11 is 1.76. The largest absolute Gasteiger partial charge is 0.384 e. The smallest absolute Gasteiger partial charge is 0.123 e. The van der Waals surface area contributed by atoms with Gasteiger partial charge in [-0.25, -0.2) is 4.68 Å². The molecule has 14 heavy (non-hydrogen) atoms. The van der Waals surface area contributed by atoms with E-state index in [0.29, 0.717) is 6.04 Å². The van der Waals surface area contributed by atoms with Crippen molar-refractivity contribution >= 4 is 17.6 Å². The van der Waals surface area contributed by atoms with E-state index in [9.17, 15) is 0 Å². The van der Waals surface area contributed by atoms with Gasteiger partial charge in [-0.1, -0.05) is 19.8 Å². The lowest BCUT2D eigenvalue weighted by Gasteiger charge is -2.10. The van der Waals surface area contributed by atoms with Crippen molar-refractivity contribution in [3.8, 4) is 0 Å². The summed E-state index contributed by atoms with van der Waals surface area (Å²) in [6, 6.07) is 2.55. The molecule has 1 aromatic heterocycles. The first-order valence-electron chi connectivity index (χ1n) is 5.29. The highest BCUT2D eigenvalue weighted by atomic mass is 32.2. The van der Waals surface area contributed by atoms with Gasteiger partial charge in [-0.05, 0) is 18.6 Å². The zero-order valence-corrected chi connectivity index (χ0v) is 9.39. The minimum atomic E-state index is 0.557. The maximum absolute atomic E-state index is 5.94. The van der Waals surface area contributed by atoms with E-state index in [4.69, 9.17) is 5.73 Å². The number of nitrogens with zero attached hydrogens (tertiary/aromatic N) is 2. The van der Waals surface area contributed by atoms with E-state index in [1.807, 2.05) is 10.7 Å². The van der Waals surface area contributed by atoms with Crippen LogP contribution in [0.5, 0.6) is 0 Å². The molecule has 1 aromatic rings. The first-order valence-corrected chi connectivity index (χ1v) is 6.27. The van der Waals surface area contributed by atoms with Crippen molar-refractivity contribution in [1.29, 1.82) is 0 Å². The Kier molecular flexibility index (Phi) is 3.01. The summed E-state index contributed by atoms with van der Waals surface area (Å²) in [6.07, 6.45) is 5.12. The molecule has 1 fully saturated rings. The molecular formula is C10H17N3S. The molecule has 1 aliphatic rings. The van der Waals surface area contributed by atoms with Gasteiger partial charge < -0.3 is 5.73 Å². The Bertz CT molecular complexity index is 302. The fourth-order valence-corrected chi connectivity index (χ4v) is 2.69. The standard InChI is InChI=1S/C10H17N3S/c1-2-14-10-7-9(11)13(12-10)8-5-3-4-6-8/h7-8H,2-6,11H2,1H3. The van der Waals surface area contributed by atoms with Crippen LogP contribution in [0.3, 0.4) is 0 Å². The van der Waals surface area contributed by atoms with Gasteiger partial charge in [0.1, 0.15) is 10.8 Å². The number of rotatable bonds is 3. The third kappa shape index (κ3) is 1.90. The van der Waals surface area contributed by atoms with Crippen LogP contribution in [0.2, 0.25) is 0 Å². The Morgan fingerprint density at radius 1 is 1.57 bits per heavy atom. The van der Waals surface area contributed by atoms with Gasteiger partial charge in [0.25, 0.3) is 0 Å². The molecule has 0 aromatic carbocycles. The highest BCUT2D eigenvalue weighted by Gasteiger charge is 2.19. The summed E-state index contributed by atoms with van der Waals surface area (Å²) in [6.45, 7) is 2.13. The molecule has 2 rings (SSSR count). The van der Waals surface area contributed by atoms with Crippen molar-refractivity contribution in [3.63, 3.8) is 0 Å². The van der Waals surface area contributed by atoms with Crippen LogP contribution in [0.1, 0.15) is 38.6 Å². The fourth-order valence-electron chi connectivity index (χ4n) is 2.05. The van der Waals surface area contributed by atoms with Crippen molar-refractivity contribution in [2.75, 3.05) is 11.5 Å². The second-order valence-corrected chi connectivity index (χ2v) is 5.01. The molecule has 3 nitrogen and oxygen atoms in total. The predicted molar refractivity (Wildman–Crippen MR) is 60.5 cm³/mol. The number of anilines is 1. The van der Waals surface area contributed by atoms with Crippen LogP contribution in [0.4, 0.5) is 5.82 Å². The van der Waals surface area contributed by atoms with Gasteiger partial charge in [0.15, 0.2) is 0 Å². The van der Waals surface area contributed by atoms with Gasteiger partial charge in [-0.15, -0.1) is 11.8 Å². The Balaban J connectivity index is 2.15. The zero-order valence-electron chi connectivity index (χ0n) is 8.57. The molecule has 0 bridgehead atoms. The van der Waals surface area contributed by atoms with Gasteiger partial charge >= 0.3 is 0 Å². The van der Waals surface area contributed by atoms with Crippen LogP contribution in [-0.4, -0.2) is 15.5 Å². The highest BCUT2D eigenvalue weighted by molar-refractivity contribution is 7.99. The third-order valence-electron chi connectivity index (χ3n) is 2.70. The van der Waals surface area contributed by atoms with Crippen molar-refractivity contribution in [3.05, 3.63) is 6.07 Å². The summed E-state index contributed by atoms with van der Waals surface area (Å²) in [5, 5.41) is 5.60. The van der Waals surface area contributed by atoms with Gasteiger partial charge in [0.05, 0.1) is 6.04 Å². The summed E-state index contributed by atoms with van der Waals surface area (Å²) in [5.74, 6) is 1.88. The summed E-state index contributed by atoms with van der Waals surface area (Å²) in [4.78, 5) is 0. The Morgan fingerprint density at radius 3 is 2.93 bits per heavy atom. The van der Waals surface area contributed by atoms with Crippen molar-refractivity contribution in [2.45, 2.75) is 43.7 Å². The lowest BCUT2D eigenvalue weighted by molar-refractivity contribution is 0.466. The molecule has 1 saturated carbocycles. The fraction of sp³-hybridized carbons (Fsp3) is 0.700. The molecule has 78 valence electrons. The normalized spacial score (nSPS) is 17.8. The third-order valence-corrected chi connectivity index (χ3v) is 3.49. The maximum atomic E-state index is 5.94. The zero-order chi connectivity index (χ0) is 9.97. The van der Waals surface area contributed by atoms with Crippen LogP contribution in [0.15, 0.2) is 11.1 Å². The van der Waals surface area contributed by atoms with Gasteiger partial charge in [0.2, 0.25) is 0 Å². The molecule has 0 radical (unpaired) electrons. The number of hydrogen-bond donors (Lipinski definition) is 1. The van der Waals surface area contributed by atoms with E-state index in [-0.39, 0.29) is 0 Å². The lowest BCUT2D eigenvalue weighted by Crippen LogP contribution is -2.09. The number of thioether (sulfide) groups is 1. The number of aromatic nitrogens is 2. The molecule has 0 spiro atoms. The summed E-state index contributed by atoms with van der Waals surface area (Å²) in [7, 11) is 0. The van der Waals surface area contributed by atoms with E-state index in [0.717, 1.165) is 16.6 Å². The van der Waals surface area contributed by atoms with Crippen molar-refractivity contribution in [1.82, 2.24) is 9.78 Å². The van der Waals surface area contributed by atoms with Gasteiger partial charge in [0, 0.05) is 6.07 Å². The molecular weight excluding hydrogens is 194 g/mol. The Labute approximate surface area is 89.1 Å². The van der Waals surface area contributed by atoms with Crippen LogP contribution in [0.25, 0.3) is 0 Å². The van der Waals surface area contributed by atoms with E-state index in [1.165, 1.54) is 25.7 Å². The Hall–Kier alpha value is -0.640. The SMILES string of the molecule is CCSc1cc(N)n(C2CCCC2)n1. The van der Waals surface area contributed by atoms with E-state index >= 15 is 0 Å². The number of nitrogen functional groups attached to an aromatic ring is 1. The minimum absolute atomic E-state index is 0.557. The molecule has 0 unspecified atom stereocenters. The maximum Gasteiger partial charge on any atom is 0.123 e. The van der Waals surface area contributed by atoms with Crippen molar-refractivity contribution < 1.29 is 0 Å². The van der Waals surface area contributed by atoms with Crippen LogP contribution in [-0.2, 0) is 0 Å². The summed E-state index contributed by atoms with van der Waals surface area (Å²) in [5.41, 5.74) is 5.94. The molecule has 2 N–H and O–H groups in total. The Morgan fingerprint density at radius 2 is 2.29 bits per heavy atom. The first-order chi connectivity index (χ1) is 6.81. The minimum Gasteiger partial charge on any atom is -0.384 e. The average Bonchev–Trinajstić information content (AvgIpc) is 2.74. The van der Waals surface area contributed by atoms with Gasteiger partial charge in [-0.2, -0.15) is 5.10 Å². The molecule has 1 aliphatic carbocycles. The quantitative estimate of drug-likeness (QED) is 0.782. The molecule has 1 heterocycles. The van der Waals surface area contributed by atoms with E-state index in [1.54, 1.807) is 11.8 Å². The molecule has 0 aliphatic heterocycles. The van der Waals surface area contributed by atoms with Crippen LogP contribution in [0, 0.1) is 0 Å². The predicted octanol–water partition coefficient (Wildman–Crippen LogP) is 2.69. The molecule has 4 heteroatoms. The monoisotopic (exact) mass is 211 g/mol. The topological polar surface area (TPSA) is 43.8 Å². The molecule has 0 saturated heterocycles. The van der Waals surface area contributed by atoms with E-state index in [2.05, 4.69) is 12.0 Å². The van der Waals surface area contributed by atoms with Crippen LogP contribution < -0.4 is 5.73 Å². The van der Waals surface area contributed by atoms with Crippen molar-refractivity contribution in [2.24, 2.45) is 0 Å². The van der Waals surface area contributed by atoms with Crippen LogP contribution >= 0.6 is 11.8 Å². The second kappa shape index (κ2) is 4.26. The molecule has 0 amide bonds.